The van der Waals surface area contributed by atoms with Gasteiger partial charge >= 0.3 is 0 Å². The molecule has 1 aliphatic rings. The molecule has 0 aliphatic carbocycles. The van der Waals surface area contributed by atoms with Crippen molar-refractivity contribution in [3.05, 3.63) is 53.6 Å². The van der Waals surface area contributed by atoms with E-state index < -0.39 is 29.2 Å². The lowest BCUT2D eigenvalue weighted by Gasteiger charge is -2.37. The van der Waals surface area contributed by atoms with E-state index in [0.29, 0.717) is 26.1 Å². The molecule has 3 heterocycles. The van der Waals surface area contributed by atoms with Crippen molar-refractivity contribution < 1.29 is 17.6 Å². The topological polar surface area (TPSA) is 41.1 Å². The Hall–Kier alpha value is -2.22. The zero-order chi connectivity index (χ0) is 18.0. The van der Waals surface area contributed by atoms with E-state index in [-0.39, 0.29) is 12.0 Å². The second-order valence-corrected chi connectivity index (χ2v) is 6.27. The standard InChI is InChI=1S/C17H18F4N4/c1-10-8-25(9-11-4-2-3-6-22-11)7-5-12(10)23-15-13(18)16(20)24-17(21)14(15)19/h2-4,6,10,12H,5,7-9H2,1H3,(H,23,24). The quantitative estimate of drug-likeness (QED) is 0.675. The van der Waals surface area contributed by atoms with Gasteiger partial charge in [0.05, 0.1) is 5.69 Å². The van der Waals surface area contributed by atoms with Crippen molar-refractivity contribution in [2.75, 3.05) is 18.4 Å². The molecule has 2 aromatic heterocycles. The van der Waals surface area contributed by atoms with Crippen molar-refractivity contribution >= 4 is 5.69 Å². The molecule has 134 valence electrons. The van der Waals surface area contributed by atoms with Crippen LogP contribution in [0.25, 0.3) is 0 Å². The zero-order valence-corrected chi connectivity index (χ0v) is 13.6. The number of aromatic nitrogens is 2. The first-order valence-corrected chi connectivity index (χ1v) is 8.04. The molecule has 2 atom stereocenters. The molecule has 0 amide bonds. The molecule has 4 nitrogen and oxygen atoms in total. The molecule has 1 aliphatic heterocycles. The first-order chi connectivity index (χ1) is 12.0. The molecule has 1 N–H and O–H groups in total. The Labute approximate surface area is 142 Å². The van der Waals surface area contributed by atoms with Gasteiger partial charge in [-0.15, -0.1) is 0 Å². The monoisotopic (exact) mass is 354 g/mol. The predicted molar refractivity (Wildman–Crippen MR) is 84.8 cm³/mol. The molecular weight excluding hydrogens is 336 g/mol. The number of likely N-dealkylation sites (tertiary alicyclic amines) is 1. The van der Waals surface area contributed by atoms with Gasteiger partial charge in [0.1, 0.15) is 5.69 Å². The van der Waals surface area contributed by atoms with E-state index in [1.165, 1.54) is 0 Å². The molecule has 0 radical (unpaired) electrons. The third-order valence-electron chi connectivity index (χ3n) is 4.43. The summed E-state index contributed by atoms with van der Waals surface area (Å²) in [5, 5.41) is 2.62. The van der Waals surface area contributed by atoms with E-state index in [4.69, 9.17) is 0 Å². The summed E-state index contributed by atoms with van der Waals surface area (Å²) >= 11 is 0. The lowest BCUT2D eigenvalue weighted by atomic mass is 9.93. The van der Waals surface area contributed by atoms with Crippen LogP contribution < -0.4 is 5.32 Å². The van der Waals surface area contributed by atoms with Crippen LogP contribution in [0.3, 0.4) is 0 Å². The van der Waals surface area contributed by atoms with E-state index in [9.17, 15) is 17.6 Å². The average molecular weight is 354 g/mol. The number of anilines is 1. The Bertz CT molecular complexity index is 715. The van der Waals surface area contributed by atoms with Crippen molar-refractivity contribution in [1.29, 1.82) is 0 Å². The van der Waals surface area contributed by atoms with Crippen LogP contribution in [0.1, 0.15) is 19.0 Å². The van der Waals surface area contributed by atoms with Crippen LogP contribution >= 0.6 is 0 Å². The number of pyridine rings is 2. The molecule has 0 aromatic carbocycles. The van der Waals surface area contributed by atoms with Gasteiger partial charge in [-0.3, -0.25) is 9.88 Å². The maximum Gasteiger partial charge on any atom is 0.253 e. The highest BCUT2D eigenvalue weighted by Crippen LogP contribution is 2.27. The maximum absolute atomic E-state index is 13.8. The lowest BCUT2D eigenvalue weighted by molar-refractivity contribution is 0.162. The summed E-state index contributed by atoms with van der Waals surface area (Å²) in [4.78, 5) is 9.03. The molecule has 25 heavy (non-hydrogen) atoms. The van der Waals surface area contributed by atoms with Gasteiger partial charge < -0.3 is 5.32 Å². The van der Waals surface area contributed by atoms with Crippen molar-refractivity contribution in [3.63, 3.8) is 0 Å². The Kier molecular flexibility index (Phi) is 5.17. The van der Waals surface area contributed by atoms with E-state index in [1.54, 1.807) is 6.20 Å². The zero-order valence-electron chi connectivity index (χ0n) is 13.6. The van der Waals surface area contributed by atoms with Gasteiger partial charge in [-0.05, 0) is 24.5 Å². The molecular formula is C17H18F4N4. The highest BCUT2D eigenvalue weighted by atomic mass is 19.2. The van der Waals surface area contributed by atoms with Crippen LogP contribution in [-0.4, -0.2) is 34.0 Å². The summed E-state index contributed by atoms with van der Waals surface area (Å²) in [5.74, 6) is -6.28. The molecule has 0 spiro atoms. The molecule has 1 saturated heterocycles. The van der Waals surface area contributed by atoms with Gasteiger partial charge in [-0.25, -0.2) is 0 Å². The van der Waals surface area contributed by atoms with Crippen LogP contribution in [0.5, 0.6) is 0 Å². The largest absolute Gasteiger partial charge is 0.377 e. The summed E-state index contributed by atoms with van der Waals surface area (Å²) in [7, 11) is 0. The van der Waals surface area contributed by atoms with Crippen LogP contribution in [-0.2, 0) is 6.54 Å². The molecule has 2 unspecified atom stereocenters. The van der Waals surface area contributed by atoms with Gasteiger partial charge in [-0.1, -0.05) is 13.0 Å². The number of halogens is 4. The number of rotatable bonds is 4. The SMILES string of the molecule is CC1CN(Cc2ccccn2)CCC1Nc1c(F)c(F)nc(F)c1F. The summed E-state index contributed by atoms with van der Waals surface area (Å²) < 4.78 is 54.0. The fourth-order valence-corrected chi connectivity index (χ4v) is 3.11. The van der Waals surface area contributed by atoms with Gasteiger partial charge in [0.25, 0.3) is 11.9 Å². The minimum absolute atomic E-state index is 0.0237. The van der Waals surface area contributed by atoms with E-state index in [0.717, 1.165) is 5.69 Å². The van der Waals surface area contributed by atoms with Gasteiger partial charge in [-0.2, -0.15) is 22.5 Å². The summed E-state index contributed by atoms with van der Waals surface area (Å²) in [5.41, 5.74) is 0.150. The van der Waals surface area contributed by atoms with Crippen LogP contribution in [0.4, 0.5) is 23.2 Å². The van der Waals surface area contributed by atoms with Crippen molar-refractivity contribution in [2.24, 2.45) is 5.92 Å². The summed E-state index contributed by atoms with van der Waals surface area (Å²) in [6.45, 7) is 3.95. The fraction of sp³-hybridized carbons (Fsp3) is 0.412. The molecule has 0 bridgehead atoms. The molecule has 8 heteroatoms. The first kappa shape index (κ1) is 17.6. The second kappa shape index (κ2) is 7.35. The van der Waals surface area contributed by atoms with Crippen molar-refractivity contribution in [1.82, 2.24) is 14.9 Å². The van der Waals surface area contributed by atoms with Crippen LogP contribution in [0.2, 0.25) is 0 Å². The lowest BCUT2D eigenvalue weighted by Crippen LogP contribution is -2.45. The third-order valence-corrected chi connectivity index (χ3v) is 4.43. The third kappa shape index (κ3) is 3.89. The molecule has 1 fully saturated rings. The predicted octanol–water partition coefficient (Wildman–Crippen LogP) is 3.36. The minimum atomic E-state index is -1.65. The first-order valence-electron chi connectivity index (χ1n) is 8.04. The maximum atomic E-state index is 13.8. The fourth-order valence-electron chi connectivity index (χ4n) is 3.11. The second-order valence-electron chi connectivity index (χ2n) is 6.27. The molecule has 2 aromatic rings. The van der Waals surface area contributed by atoms with Gasteiger partial charge in [0.15, 0.2) is 0 Å². The highest BCUT2D eigenvalue weighted by molar-refractivity contribution is 5.46. The van der Waals surface area contributed by atoms with Gasteiger partial charge in [0, 0.05) is 31.9 Å². The number of piperidine rings is 1. The molecule has 0 saturated carbocycles. The Morgan fingerprint density at radius 2 is 1.88 bits per heavy atom. The Balaban J connectivity index is 1.67. The number of nitrogens with zero attached hydrogens (tertiary/aromatic N) is 3. The highest BCUT2D eigenvalue weighted by Gasteiger charge is 2.29. The summed E-state index contributed by atoms with van der Waals surface area (Å²) in [6, 6.07) is 5.39. The van der Waals surface area contributed by atoms with Crippen molar-refractivity contribution in [2.45, 2.75) is 25.9 Å². The smallest absolute Gasteiger partial charge is 0.253 e. The molecule has 3 rings (SSSR count). The normalized spacial score (nSPS) is 21.3. The summed E-state index contributed by atoms with van der Waals surface area (Å²) in [6.07, 6.45) is 2.31. The minimum Gasteiger partial charge on any atom is -0.377 e. The van der Waals surface area contributed by atoms with E-state index >= 15 is 0 Å². The van der Waals surface area contributed by atoms with Gasteiger partial charge in [0.2, 0.25) is 11.6 Å². The number of nitrogens with one attached hydrogen (secondary N) is 1. The number of hydrogen-bond acceptors (Lipinski definition) is 4. The van der Waals surface area contributed by atoms with E-state index in [1.807, 2.05) is 25.1 Å². The number of hydrogen-bond donors (Lipinski definition) is 1. The average Bonchev–Trinajstić information content (AvgIpc) is 2.59. The van der Waals surface area contributed by atoms with E-state index in [2.05, 4.69) is 20.2 Å². The Morgan fingerprint density at radius 3 is 2.48 bits per heavy atom. The van der Waals surface area contributed by atoms with Crippen LogP contribution in [0.15, 0.2) is 24.4 Å². The Morgan fingerprint density at radius 1 is 1.16 bits per heavy atom. The van der Waals surface area contributed by atoms with Crippen molar-refractivity contribution in [3.8, 4) is 0 Å². The van der Waals surface area contributed by atoms with Crippen LogP contribution in [0, 0.1) is 29.4 Å².